The molecule has 2 heterocycles. The van der Waals surface area contributed by atoms with Gasteiger partial charge in [-0.1, -0.05) is 41.4 Å². The SMILES string of the molecule is O=c1c2ccc(-c3ccc(Cl)cc3Cl)nc2[nH]n1-c1ccccc1. The van der Waals surface area contributed by atoms with Crippen LogP contribution >= 0.6 is 23.2 Å². The standard InChI is InChI=1S/C18H11Cl2N3O/c19-11-6-7-13(15(20)10-11)16-9-8-14-17(21-16)22-23(18(14)24)12-4-2-1-3-5-12/h1-10H,(H,21,22). The van der Waals surface area contributed by atoms with Gasteiger partial charge in [0.25, 0.3) is 5.56 Å². The second-order valence-electron chi connectivity index (χ2n) is 5.30. The monoisotopic (exact) mass is 355 g/mol. The van der Waals surface area contributed by atoms with Crippen molar-refractivity contribution in [2.75, 3.05) is 0 Å². The maximum Gasteiger partial charge on any atom is 0.280 e. The van der Waals surface area contributed by atoms with Gasteiger partial charge in [0, 0.05) is 10.6 Å². The highest BCUT2D eigenvalue weighted by Crippen LogP contribution is 2.29. The van der Waals surface area contributed by atoms with E-state index in [0.717, 1.165) is 11.3 Å². The minimum absolute atomic E-state index is 0.141. The number of aromatic nitrogens is 3. The Kier molecular flexibility index (Phi) is 3.63. The van der Waals surface area contributed by atoms with Gasteiger partial charge >= 0.3 is 0 Å². The molecule has 0 amide bonds. The number of para-hydroxylation sites is 1. The number of H-pyrrole nitrogens is 1. The van der Waals surface area contributed by atoms with E-state index in [4.69, 9.17) is 23.2 Å². The van der Waals surface area contributed by atoms with Crippen LogP contribution in [0.15, 0.2) is 65.5 Å². The van der Waals surface area contributed by atoms with Gasteiger partial charge in [0.15, 0.2) is 5.65 Å². The molecule has 24 heavy (non-hydrogen) atoms. The van der Waals surface area contributed by atoms with Gasteiger partial charge in [-0.25, -0.2) is 9.67 Å². The lowest BCUT2D eigenvalue weighted by atomic mass is 10.1. The fourth-order valence-corrected chi connectivity index (χ4v) is 3.11. The van der Waals surface area contributed by atoms with Crippen molar-refractivity contribution in [1.29, 1.82) is 0 Å². The van der Waals surface area contributed by atoms with Crippen molar-refractivity contribution in [1.82, 2.24) is 14.8 Å². The molecular formula is C18H11Cl2N3O. The Morgan fingerprint density at radius 2 is 1.75 bits per heavy atom. The van der Waals surface area contributed by atoms with Crippen LogP contribution in [0.25, 0.3) is 28.0 Å². The molecule has 0 atom stereocenters. The highest BCUT2D eigenvalue weighted by atomic mass is 35.5. The molecule has 0 aliphatic rings. The van der Waals surface area contributed by atoms with E-state index in [1.165, 1.54) is 4.68 Å². The van der Waals surface area contributed by atoms with E-state index in [1.807, 2.05) is 36.4 Å². The van der Waals surface area contributed by atoms with Gasteiger partial charge in [0.05, 0.1) is 21.8 Å². The van der Waals surface area contributed by atoms with E-state index in [1.54, 1.807) is 24.3 Å². The molecule has 0 bridgehead atoms. The van der Waals surface area contributed by atoms with Crippen molar-refractivity contribution < 1.29 is 0 Å². The number of benzene rings is 2. The van der Waals surface area contributed by atoms with Crippen LogP contribution in [0.2, 0.25) is 10.0 Å². The van der Waals surface area contributed by atoms with Crippen LogP contribution in [0.5, 0.6) is 0 Å². The largest absolute Gasteiger partial charge is 0.280 e. The highest BCUT2D eigenvalue weighted by molar-refractivity contribution is 6.36. The summed E-state index contributed by atoms with van der Waals surface area (Å²) in [7, 11) is 0. The minimum Gasteiger partial charge on any atom is -0.274 e. The highest BCUT2D eigenvalue weighted by Gasteiger charge is 2.12. The second kappa shape index (κ2) is 5.82. The normalized spacial score (nSPS) is 11.1. The predicted octanol–water partition coefficient (Wildman–Crippen LogP) is 4.69. The zero-order valence-electron chi connectivity index (χ0n) is 12.3. The van der Waals surface area contributed by atoms with Gasteiger partial charge < -0.3 is 0 Å². The van der Waals surface area contributed by atoms with Gasteiger partial charge in [0.2, 0.25) is 0 Å². The Hall–Kier alpha value is -2.56. The first-order valence-electron chi connectivity index (χ1n) is 7.26. The van der Waals surface area contributed by atoms with Gasteiger partial charge in [-0.2, -0.15) is 0 Å². The molecule has 4 rings (SSSR count). The van der Waals surface area contributed by atoms with Crippen molar-refractivity contribution in [2.24, 2.45) is 0 Å². The Bertz CT molecular complexity index is 1100. The molecule has 0 fully saturated rings. The van der Waals surface area contributed by atoms with Gasteiger partial charge in [-0.15, -0.1) is 0 Å². The number of nitrogens with zero attached hydrogens (tertiary/aromatic N) is 2. The van der Waals surface area contributed by atoms with E-state index >= 15 is 0 Å². The number of halogens is 2. The molecule has 0 radical (unpaired) electrons. The van der Waals surface area contributed by atoms with E-state index in [-0.39, 0.29) is 5.56 Å². The molecule has 118 valence electrons. The van der Waals surface area contributed by atoms with Gasteiger partial charge in [-0.3, -0.25) is 9.89 Å². The Morgan fingerprint density at radius 3 is 2.50 bits per heavy atom. The number of fused-ring (bicyclic) bond motifs is 1. The Balaban J connectivity index is 1.89. The van der Waals surface area contributed by atoms with Crippen molar-refractivity contribution in [3.05, 3.63) is 81.1 Å². The summed E-state index contributed by atoms with van der Waals surface area (Å²) in [5, 5.41) is 4.64. The van der Waals surface area contributed by atoms with Crippen LogP contribution in [0, 0.1) is 0 Å². The summed E-state index contributed by atoms with van der Waals surface area (Å²) in [4.78, 5) is 17.1. The third-order valence-corrected chi connectivity index (χ3v) is 4.32. The van der Waals surface area contributed by atoms with E-state index in [9.17, 15) is 4.79 Å². The fraction of sp³-hybridized carbons (Fsp3) is 0. The third kappa shape index (κ3) is 2.50. The molecule has 4 nitrogen and oxygen atoms in total. The zero-order valence-corrected chi connectivity index (χ0v) is 13.8. The number of nitrogens with one attached hydrogen (secondary N) is 1. The fourth-order valence-electron chi connectivity index (χ4n) is 2.60. The molecule has 0 unspecified atom stereocenters. The summed E-state index contributed by atoms with van der Waals surface area (Å²) in [6.45, 7) is 0. The predicted molar refractivity (Wildman–Crippen MR) is 97.1 cm³/mol. The number of rotatable bonds is 2. The minimum atomic E-state index is -0.141. The van der Waals surface area contributed by atoms with Crippen LogP contribution in [0.4, 0.5) is 0 Å². The maximum atomic E-state index is 12.5. The Labute approximate surface area is 147 Å². The average molecular weight is 356 g/mol. The van der Waals surface area contributed by atoms with Crippen molar-refractivity contribution in [2.45, 2.75) is 0 Å². The molecular weight excluding hydrogens is 345 g/mol. The maximum absolute atomic E-state index is 12.5. The van der Waals surface area contributed by atoms with Crippen LogP contribution < -0.4 is 5.56 Å². The summed E-state index contributed by atoms with van der Waals surface area (Å²) in [6.07, 6.45) is 0. The molecule has 1 N–H and O–H groups in total. The lowest BCUT2D eigenvalue weighted by Crippen LogP contribution is -2.13. The molecule has 2 aromatic heterocycles. The Morgan fingerprint density at radius 1 is 0.958 bits per heavy atom. The van der Waals surface area contributed by atoms with Gasteiger partial charge in [0.1, 0.15) is 0 Å². The zero-order chi connectivity index (χ0) is 16.7. The smallest absolute Gasteiger partial charge is 0.274 e. The summed E-state index contributed by atoms with van der Waals surface area (Å²) in [5.41, 5.74) is 2.55. The van der Waals surface area contributed by atoms with Crippen LogP contribution in [-0.4, -0.2) is 14.8 Å². The molecule has 0 spiro atoms. The molecule has 0 saturated carbocycles. The molecule has 0 aliphatic carbocycles. The second-order valence-corrected chi connectivity index (χ2v) is 6.15. The first-order valence-corrected chi connectivity index (χ1v) is 8.02. The molecule has 6 heteroatoms. The summed E-state index contributed by atoms with van der Waals surface area (Å²) < 4.78 is 1.48. The van der Waals surface area contributed by atoms with E-state index in [2.05, 4.69) is 10.1 Å². The number of aromatic amines is 1. The molecule has 0 saturated heterocycles. The van der Waals surface area contributed by atoms with Gasteiger partial charge in [-0.05, 0) is 42.5 Å². The lowest BCUT2D eigenvalue weighted by molar-refractivity contribution is 0.859. The van der Waals surface area contributed by atoms with Crippen molar-refractivity contribution >= 4 is 34.2 Å². The first kappa shape index (κ1) is 15.0. The molecule has 4 aromatic rings. The number of pyridine rings is 1. The number of hydrogen-bond acceptors (Lipinski definition) is 2. The quantitative estimate of drug-likeness (QED) is 0.567. The first-order chi connectivity index (χ1) is 11.6. The van der Waals surface area contributed by atoms with E-state index in [0.29, 0.717) is 26.8 Å². The summed E-state index contributed by atoms with van der Waals surface area (Å²) in [5.74, 6) is 0. The van der Waals surface area contributed by atoms with Crippen molar-refractivity contribution in [3.63, 3.8) is 0 Å². The van der Waals surface area contributed by atoms with E-state index < -0.39 is 0 Å². The molecule has 0 aliphatic heterocycles. The number of hydrogen-bond donors (Lipinski definition) is 1. The molecule has 2 aromatic carbocycles. The third-order valence-electron chi connectivity index (χ3n) is 3.77. The average Bonchev–Trinajstić information content (AvgIpc) is 2.92. The summed E-state index contributed by atoms with van der Waals surface area (Å²) >= 11 is 12.2. The van der Waals surface area contributed by atoms with Crippen molar-refractivity contribution in [3.8, 4) is 16.9 Å². The summed E-state index contributed by atoms with van der Waals surface area (Å²) in [6, 6.07) is 18.1. The van der Waals surface area contributed by atoms with Crippen LogP contribution in [0.1, 0.15) is 0 Å². The van der Waals surface area contributed by atoms with Crippen LogP contribution in [0.3, 0.4) is 0 Å². The topological polar surface area (TPSA) is 50.7 Å². The lowest BCUT2D eigenvalue weighted by Gasteiger charge is -2.04. The van der Waals surface area contributed by atoms with Crippen LogP contribution in [-0.2, 0) is 0 Å².